The fraction of sp³-hybridized carbons (Fsp3) is 0.250. The zero-order valence-corrected chi connectivity index (χ0v) is 12.5. The summed E-state index contributed by atoms with van der Waals surface area (Å²) in [5.74, 6) is -1.04. The second kappa shape index (κ2) is 7.04. The van der Waals surface area contributed by atoms with Crippen LogP contribution in [-0.2, 0) is 11.2 Å². The third-order valence-electron chi connectivity index (χ3n) is 3.29. The molecule has 4 nitrogen and oxygen atoms in total. The van der Waals surface area contributed by atoms with Crippen molar-refractivity contribution in [2.45, 2.75) is 25.8 Å². The molecular weight excluding hydrogens is 286 g/mol. The van der Waals surface area contributed by atoms with Gasteiger partial charge in [-0.3, -0.25) is 4.79 Å². The van der Waals surface area contributed by atoms with Crippen molar-refractivity contribution in [3.05, 3.63) is 57.8 Å². The summed E-state index contributed by atoms with van der Waals surface area (Å²) in [6.07, 6.45) is 0.698. The van der Waals surface area contributed by atoms with Crippen LogP contribution in [0.25, 0.3) is 0 Å². The van der Waals surface area contributed by atoms with Crippen molar-refractivity contribution in [1.82, 2.24) is 5.32 Å². The van der Waals surface area contributed by atoms with E-state index in [2.05, 4.69) is 5.32 Å². The van der Waals surface area contributed by atoms with Crippen LogP contribution in [-0.4, -0.2) is 17.0 Å². The minimum Gasteiger partial charge on any atom is -0.478 e. The predicted molar refractivity (Wildman–Crippen MR) is 82.6 cm³/mol. The Kier molecular flexibility index (Phi) is 5.11. The van der Waals surface area contributed by atoms with Crippen LogP contribution >= 0.6 is 11.3 Å². The average Bonchev–Trinajstić information content (AvgIpc) is 2.99. The molecule has 1 atom stereocenters. The van der Waals surface area contributed by atoms with Gasteiger partial charge in [0.25, 0.3) is 0 Å². The van der Waals surface area contributed by atoms with Crippen LogP contribution < -0.4 is 5.32 Å². The van der Waals surface area contributed by atoms with E-state index in [4.69, 9.17) is 5.11 Å². The maximum absolute atomic E-state index is 11.9. The molecule has 2 rings (SSSR count). The number of carboxylic acids is 1. The van der Waals surface area contributed by atoms with Crippen LogP contribution in [0.1, 0.15) is 40.9 Å². The standard InChI is InChI=1S/C16H17NO3S/c1-11(13-8-9-21-10-13)17-15(18)7-6-12-4-2-3-5-14(12)16(19)20/h2-5,8-11H,6-7H2,1H3,(H,17,18)(H,19,20). The van der Waals surface area contributed by atoms with E-state index >= 15 is 0 Å². The quantitative estimate of drug-likeness (QED) is 0.861. The first-order valence-electron chi connectivity index (χ1n) is 6.70. The van der Waals surface area contributed by atoms with E-state index in [0.717, 1.165) is 5.56 Å². The zero-order valence-electron chi connectivity index (χ0n) is 11.7. The summed E-state index contributed by atoms with van der Waals surface area (Å²) in [5.41, 5.74) is 2.03. The highest BCUT2D eigenvalue weighted by atomic mass is 32.1. The first-order valence-corrected chi connectivity index (χ1v) is 7.65. The topological polar surface area (TPSA) is 66.4 Å². The van der Waals surface area contributed by atoms with Gasteiger partial charge in [0.2, 0.25) is 5.91 Å². The normalized spacial score (nSPS) is 11.9. The molecular formula is C16H17NO3S. The predicted octanol–water partition coefficient (Wildman–Crippen LogP) is 3.26. The first kappa shape index (κ1) is 15.3. The largest absolute Gasteiger partial charge is 0.478 e. The number of aryl methyl sites for hydroxylation is 1. The lowest BCUT2D eigenvalue weighted by Crippen LogP contribution is -2.26. The van der Waals surface area contributed by atoms with E-state index < -0.39 is 5.97 Å². The minimum absolute atomic E-state index is 0.0292. The zero-order chi connectivity index (χ0) is 15.2. The summed E-state index contributed by atoms with van der Waals surface area (Å²) < 4.78 is 0. The Hall–Kier alpha value is -2.14. The molecule has 1 aromatic heterocycles. The van der Waals surface area contributed by atoms with E-state index in [1.165, 1.54) is 0 Å². The highest BCUT2D eigenvalue weighted by Crippen LogP contribution is 2.16. The molecule has 0 fully saturated rings. The van der Waals surface area contributed by atoms with Crippen LogP contribution in [0, 0.1) is 0 Å². The molecule has 21 heavy (non-hydrogen) atoms. The molecule has 2 aromatic rings. The number of hydrogen-bond donors (Lipinski definition) is 2. The summed E-state index contributed by atoms with van der Waals surface area (Å²) in [4.78, 5) is 23.0. The Labute approximate surface area is 127 Å². The van der Waals surface area contributed by atoms with Crippen molar-refractivity contribution >= 4 is 23.2 Å². The summed E-state index contributed by atoms with van der Waals surface area (Å²) in [6.45, 7) is 1.94. The monoisotopic (exact) mass is 303 g/mol. The Balaban J connectivity index is 1.91. The number of amides is 1. The first-order chi connectivity index (χ1) is 10.1. The smallest absolute Gasteiger partial charge is 0.335 e. The van der Waals surface area contributed by atoms with Gasteiger partial charge in [0.05, 0.1) is 11.6 Å². The molecule has 0 saturated carbocycles. The van der Waals surface area contributed by atoms with Crippen molar-refractivity contribution < 1.29 is 14.7 Å². The Morgan fingerprint density at radius 1 is 1.29 bits per heavy atom. The minimum atomic E-state index is -0.961. The van der Waals surface area contributed by atoms with E-state index in [1.807, 2.05) is 23.8 Å². The Morgan fingerprint density at radius 2 is 2.05 bits per heavy atom. The van der Waals surface area contributed by atoms with E-state index in [1.54, 1.807) is 35.6 Å². The van der Waals surface area contributed by atoms with Crippen LogP contribution in [0.4, 0.5) is 0 Å². The number of nitrogens with one attached hydrogen (secondary N) is 1. The number of carbonyl (C=O) groups is 2. The molecule has 0 aliphatic heterocycles. The molecule has 1 unspecified atom stereocenters. The Bertz CT molecular complexity index is 622. The van der Waals surface area contributed by atoms with Gasteiger partial charge in [-0.05, 0) is 47.4 Å². The SMILES string of the molecule is CC(NC(=O)CCc1ccccc1C(=O)O)c1ccsc1. The van der Waals surface area contributed by atoms with Gasteiger partial charge in [0.1, 0.15) is 0 Å². The van der Waals surface area contributed by atoms with E-state index in [9.17, 15) is 9.59 Å². The molecule has 1 amide bonds. The number of benzene rings is 1. The van der Waals surface area contributed by atoms with Gasteiger partial charge in [-0.15, -0.1) is 0 Å². The van der Waals surface area contributed by atoms with Crippen LogP contribution in [0.15, 0.2) is 41.1 Å². The van der Waals surface area contributed by atoms with Gasteiger partial charge in [0, 0.05) is 6.42 Å². The average molecular weight is 303 g/mol. The number of hydrogen-bond acceptors (Lipinski definition) is 3. The molecule has 1 aromatic carbocycles. The highest BCUT2D eigenvalue weighted by molar-refractivity contribution is 7.07. The Morgan fingerprint density at radius 3 is 2.71 bits per heavy atom. The third-order valence-corrected chi connectivity index (χ3v) is 3.99. The van der Waals surface area contributed by atoms with Crippen LogP contribution in [0.3, 0.4) is 0 Å². The van der Waals surface area contributed by atoms with Crippen molar-refractivity contribution in [2.24, 2.45) is 0 Å². The molecule has 0 saturated heterocycles. The number of aromatic carboxylic acids is 1. The summed E-state index contributed by atoms with van der Waals surface area (Å²) >= 11 is 1.59. The third kappa shape index (κ3) is 4.16. The molecule has 110 valence electrons. The maximum Gasteiger partial charge on any atom is 0.335 e. The molecule has 1 heterocycles. The van der Waals surface area contributed by atoms with Crippen molar-refractivity contribution in [3.8, 4) is 0 Å². The lowest BCUT2D eigenvalue weighted by molar-refractivity contribution is -0.121. The molecule has 0 aliphatic rings. The molecule has 0 bridgehead atoms. The second-order valence-electron chi connectivity index (χ2n) is 4.81. The van der Waals surface area contributed by atoms with Gasteiger partial charge in [-0.1, -0.05) is 18.2 Å². The molecule has 5 heteroatoms. The fourth-order valence-electron chi connectivity index (χ4n) is 2.11. The van der Waals surface area contributed by atoms with E-state index in [0.29, 0.717) is 12.0 Å². The number of carbonyl (C=O) groups excluding carboxylic acids is 1. The molecule has 0 aliphatic carbocycles. The van der Waals surface area contributed by atoms with Crippen LogP contribution in [0.5, 0.6) is 0 Å². The van der Waals surface area contributed by atoms with Gasteiger partial charge in [0.15, 0.2) is 0 Å². The number of rotatable bonds is 6. The number of thiophene rings is 1. The molecule has 0 radical (unpaired) electrons. The van der Waals surface area contributed by atoms with Crippen molar-refractivity contribution in [2.75, 3.05) is 0 Å². The lowest BCUT2D eigenvalue weighted by atomic mass is 10.0. The second-order valence-corrected chi connectivity index (χ2v) is 5.59. The van der Waals surface area contributed by atoms with Crippen molar-refractivity contribution in [3.63, 3.8) is 0 Å². The van der Waals surface area contributed by atoms with Crippen molar-refractivity contribution in [1.29, 1.82) is 0 Å². The van der Waals surface area contributed by atoms with Gasteiger partial charge < -0.3 is 10.4 Å². The fourth-order valence-corrected chi connectivity index (χ4v) is 2.87. The summed E-state index contributed by atoms with van der Waals surface area (Å²) in [5, 5.41) is 16.0. The van der Waals surface area contributed by atoms with Gasteiger partial charge >= 0.3 is 5.97 Å². The summed E-state index contributed by atoms with van der Waals surface area (Å²) in [6, 6.07) is 8.73. The molecule has 2 N–H and O–H groups in total. The van der Waals surface area contributed by atoms with Crippen LogP contribution in [0.2, 0.25) is 0 Å². The molecule has 0 spiro atoms. The maximum atomic E-state index is 11.9. The number of carboxylic acid groups (broad SMARTS) is 1. The van der Waals surface area contributed by atoms with Gasteiger partial charge in [-0.2, -0.15) is 11.3 Å². The van der Waals surface area contributed by atoms with E-state index in [-0.39, 0.29) is 23.9 Å². The highest BCUT2D eigenvalue weighted by Gasteiger charge is 2.13. The van der Waals surface area contributed by atoms with Gasteiger partial charge in [-0.25, -0.2) is 4.79 Å². The summed E-state index contributed by atoms with van der Waals surface area (Å²) in [7, 11) is 0. The lowest BCUT2D eigenvalue weighted by Gasteiger charge is -2.13.